The Labute approximate surface area is 163 Å². The summed E-state index contributed by atoms with van der Waals surface area (Å²) in [7, 11) is 0. The monoisotopic (exact) mass is 379 g/mol. The number of carbonyl (C=O) groups is 1. The van der Waals surface area contributed by atoms with Gasteiger partial charge in [-0.2, -0.15) is 0 Å². The lowest BCUT2D eigenvalue weighted by Gasteiger charge is -2.54. The third kappa shape index (κ3) is 2.88. The molecule has 1 aromatic carbocycles. The van der Waals surface area contributed by atoms with E-state index in [0.29, 0.717) is 11.4 Å². The van der Waals surface area contributed by atoms with Crippen molar-refractivity contribution in [2.24, 2.45) is 5.41 Å². The van der Waals surface area contributed by atoms with Crippen molar-refractivity contribution < 1.29 is 15.3 Å². The van der Waals surface area contributed by atoms with Gasteiger partial charge < -0.3 is 14.2 Å². The van der Waals surface area contributed by atoms with Crippen molar-refractivity contribution in [1.29, 1.82) is 0 Å². The van der Waals surface area contributed by atoms with Crippen molar-refractivity contribution in [3.05, 3.63) is 60.9 Å². The van der Waals surface area contributed by atoms with Gasteiger partial charge in [-0.3, -0.25) is 9.78 Å². The molecule has 1 spiro atoms. The summed E-state index contributed by atoms with van der Waals surface area (Å²) in [4.78, 5) is 23.1. The molecule has 3 aromatic rings. The van der Waals surface area contributed by atoms with Gasteiger partial charge in [0.1, 0.15) is 12.4 Å². The topological polar surface area (TPSA) is 60.2 Å². The van der Waals surface area contributed by atoms with E-state index in [9.17, 15) is 9.18 Å². The Morgan fingerprint density at radius 3 is 2.64 bits per heavy atom. The predicted molar refractivity (Wildman–Crippen MR) is 101 cm³/mol. The summed E-state index contributed by atoms with van der Waals surface area (Å²) >= 11 is 0. The molecule has 1 amide bonds. The highest BCUT2D eigenvalue weighted by atomic mass is 19.1. The van der Waals surface area contributed by atoms with Gasteiger partial charge in [0, 0.05) is 36.6 Å². The lowest BCUT2D eigenvalue weighted by Crippen LogP contribution is -2.67. The van der Waals surface area contributed by atoms with Crippen molar-refractivity contribution >= 4 is 5.91 Å². The van der Waals surface area contributed by atoms with Crippen LogP contribution < -0.4 is 0 Å². The molecule has 0 radical (unpaired) electrons. The molecule has 28 heavy (non-hydrogen) atoms. The van der Waals surface area contributed by atoms with Gasteiger partial charge >= 0.3 is 0 Å². The Morgan fingerprint density at radius 2 is 1.96 bits per heavy atom. The highest BCUT2D eigenvalue weighted by Gasteiger charge is 2.50. The van der Waals surface area contributed by atoms with Crippen molar-refractivity contribution in [3.63, 3.8) is 0 Å². The van der Waals surface area contributed by atoms with Crippen LogP contribution in [0.5, 0.6) is 0 Å². The second kappa shape index (κ2) is 6.53. The zero-order valence-electron chi connectivity index (χ0n) is 16.1. The highest BCUT2D eigenvalue weighted by Crippen LogP contribution is 2.38. The number of rotatable bonds is 4. The zero-order chi connectivity index (χ0) is 20.0. The number of benzene rings is 1. The first kappa shape index (κ1) is 15.9. The summed E-state index contributed by atoms with van der Waals surface area (Å²) in [5, 5.41) is 0. The van der Waals surface area contributed by atoms with Crippen LogP contribution in [0.1, 0.15) is 1.37 Å². The Kier molecular flexibility index (Phi) is 3.72. The Morgan fingerprint density at radius 1 is 1.18 bits per heavy atom. The molecule has 7 heteroatoms. The van der Waals surface area contributed by atoms with Crippen LogP contribution in [0.3, 0.4) is 0 Å². The molecule has 0 unspecified atom stereocenters. The minimum Gasteiger partial charge on any atom is -0.380 e. The van der Waals surface area contributed by atoms with Gasteiger partial charge in [-0.1, -0.05) is 0 Å². The molecule has 2 saturated heterocycles. The number of halogens is 1. The molecule has 0 N–H and O–H groups in total. The number of ether oxygens (including phenoxy) is 1. The number of carbonyl (C=O) groups excluding carboxylic acids is 1. The fourth-order valence-electron chi connectivity index (χ4n) is 3.85. The maximum Gasteiger partial charge on any atom is 0.242 e. The van der Waals surface area contributed by atoms with E-state index in [1.807, 2.05) is 4.90 Å². The van der Waals surface area contributed by atoms with Crippen LogP contribution in [-0.2, 0) is 16.1 Å². The molecule has 2 aliphatic heterocycles. The van der Waals surface area contributed by atoms with E-state index < -0.39 is 0 Å². The number of hydrogen-bond donors (Lipinski definition) is 0. The largest absolute Gasteiger partial charge is 0.380 e. The summed E-state index contributed by atoms with van der Waals surface area (Å²) < 4.78 is 28.3. The molecule has 6 nitrogen and oxygen atoms in total. The van der Waals surface area contributed by atoms with E-state index >= 15 is 0 Å². The first-order chi connectivity index (χ1) is 14.0. The number of likely N-dealkylation sites (tertiary alicyclic amines) is 1. The van der Waals surface area contributed by atoms with E-state index in [-0.39, 0.29) is 29.9 Å². The van der Waals surface area contributed by atoms with Crippen LogP contribution >= 0.6 is 0 Å². The number of hydrogen-bond acceptors (Lipinski definition) is 4. The summed E-state index contributed by atoms with van der Waals surface area (Å²) in [5.74, 6) is -0.305. The first-order valence-corrected chi connectivity index (χ1v) is 9.13. The minimum atomic E-state index is -0.325. The fraction of sp³-hybridized carbons (Fsp3) is 0.286. The lowest BCUT2D eigenvalue weighted by atomic mass is 9.78. The van der Waals surface area contributed by atoms with Crippen molar-refractivity contribution in [3.8, 4) is 22.5 Å². The van der Waals surface area contributed by atoms with Gasteiger partial charge in [-0.25, -0.2) is 9.37 Å². The van der Waals surface area contributed by atoms with Crippen LogP contribution in [-0.4, -0.2) is 51.6 Å². The minimum absolute atomic E-state index is 0.0204. The quantitative estimate of drug-likeness (QED) is 0.699. The summed E-state index contributed by atoms with van der Waals surface area (Å²) in [6.45, 7) is 3.06. The smallest absolute Gasteiger partial charge is 0.242 e. The van der Waals surface area contributed by atoms with Gasteiger partial charge in [0.2, 0.25) is 5.91 Å². The third-order valence-corrected chi connectivity index (χ3v) is 5.38. The molecule has 142 valence electrons. The van der Waals surface area contributed by atoms with Gasteiger partial charge in [0.25, 0.3) is 0 Å². The molecule has 2 fully saturated rings. The van der Waals surface area contributed by atoms with Crippen LogP contribution in [0.25, 0.3) is 22.5 Å². The maximum absolute atomic E-state index is 13.4. The molecule has 0 atom stereocenters. The van der Waals surface area contributed by atoms with E-state index in [1.165, 1.54) is 12.1 Å². The number of pyridine rings is 1. The van der Waals surface area contributed by atoms with Crippen LogP contribution in [0.15, 0.2) is 55.1 Å². The molecule has 5 rings (SSSR count). The predicted octanol–water partition coefficient (Wildman–Crippen LogP) is 2.61. The van der Waals surface area contributed by atoms with Crippen LogP contribution in [0.2, 0.25) is 0 Å². The fourth-order valence-corrected chi connectivity index (χ4v) is 3.85. The number of nitrogens with zero attached hydrogens (tertiary/aromatic N) is 4. The Bertz CT molecular complexity index is 1070. The summed E-state index contributed by atoms with van der Waals surface area (Å²) in [6.07, 6.45) is 3.31. The van der Waals surface area contributed by atoms with Crippen molar-refractivity contribution in [2.75, 3.05) is 26.3 Å². The normalized spacial score (nSPS) is 17.8. The van der Waals surface area contributed by atoms with Gasteiger partial charge in [0.05, 0.1) is 37.7 Å². The average molecular weight is 379 g/mol. The molecule has 4 heterocycles. The Balaban J connectivity index is 1.48. The standard InChI is InChI=1S/C21H19FN4O2/c22-17-3-1-15(2-4-17)19-20(16-5-7-23-8-6-16)25(14-24-19)9-18(27)26-10-21(11-26)12-28-13-21/h1-8,14H,9-13H2/i7D. The molecule has 0 saturated carbocycles. The summed E-state index contributed by atoms with van der Waals surface area (Å²) in [5.41, 5.74) is 2.99. The maximum atomic E-state index is 13.4. The molecule has 2 aliphatic rings. The van der Waals surface area contributed by atoms with Crippen LogP contribution in [0.4, 0.5) is 4.39 Å². The van der Waals surface area contributed by atoms with E-state index in [0.717, 1.165) is 37.4 Å². The van der Waals surface area contributed by atoms with Gasteiger partial charge in [-0.05, 0) is 36.4 Å². The number of imidazole rings is 1. The molecule has 0 bridgehead atoms. The van der Waals surface area contributed by atoms with E-state index in [2.05, 4.69) is 9.97 Å². The average Bonchev–Trinajstić information content (AvgIpc) is 3.03. The van der Waals surface area contributed by atoms with Crippen molar-refractivity contribution in [2.45, 2.75) is 6.54 Å². The van der Waals surface area contributed by atoms with Crippen LogP contribution in [0, 0.1) is 11.2 Å². The zero-order valence-corrected chi connectivity index (χ0v) is 15.1. The molecular weight excluding hydrogens is 359 g/mol. The number of amides is 1. The molecule has 0 aliphatic carbocycles. The highest BCUT2D eigenvalue weighted by molar-refractivity contribution is 5.82. The van der Waals surface area contributed by atoms with Crippen molar-refractivity contribution in [1.82, 2.24) is 19.4 Å². The number of aromatic nitrogens is 3. The Hall–Kier alpha value is -3.06. The molecular formula is C21H19FN4O2. The second-order valence-corrected chi connectivity index (χ2v) is 7.49. The first-order valence-electron chi connectivity index (χ1n) is 9.63. The second-order valence-electron chi connectivity index (χ2n) is 7.49. The lowest BCUT2D eigenvalue weighted by molar-refractivity contribution is -0.195. The summed E-state index contributed by atoms with van der Waals surface area (Å²) in [6, 6.07) is 9.50. The third-order valence-electron chi connectivity index (χ3n) is 5.38. The van der Waals surface area contributed by atoms with Gasteiger partial charge in [0.15, 0.2) is 0 Å². The molecule has 2 aromatic heterocycles. The van der Waals surface area contributed by atoms with Gasteiger partial charge in [-0.15, -0.1) is 0 Å². The van der Waals surface area contributed by atoms with E-state index in [1.54, 1.807) is 41.4 Å². The SMILES string of the molecule is [2H]c1cc(-c2c(-c3ccc(F)cc3)ncn2CC(=O)N2CC3(COC3)C2)ccn1. The van der Waals surface area contributed by atoms with E-state index in [4.69, 9.17) is 6.11 Å².